The number of benzene rings is 1. The Bertz CT molecular complexity index is 1480. The Labute approximate surface area is 225 Å². The summed E-state index contributed by atoms with van der Waals surface area (Å²) in [6, 6.07) is 3.84. The number of ether oxygens (including phenoxy) is 1. The molecule has 1 saturated carbocycles. The normalized spacial score (nSPS) is 19.2. The number of nitrogens with zero attached hydrogens (tertiary/aromatic N) is 5. The van der Waals surface area contributed by atoms with Gasteiger partial charge < -0.3 is 25.3 Å². The summed E-state index contributed by atoms with van der Waals surface area (Å²) in [7, 11) is 3.28. The van der Waals surface area contributed by atoms with Crippen LogP contribution in [0, 0.1) is 11.8 Å². The topological polar surface area (TPSA) is 120 Å². The van der Waals surface area contributed by atoms with E-state index in [1.165, 1.54) is 12.5 Å². The first kappa shape index (κ1) is 25.8. The van der Waals surface area contributed by atoms with E-state index in [1.807, 2.05) is 18.5 Å². The summed E-state index contributed by atoms with van der Waals surface area (Å²) < 4.78 is 9.19. The summed E-state index contributed by atoms with van der Waals surface area (Å²) in [5.74, 6) is 5.67. The van der Waals surface area contributed by atoms with E-state index >= 15 is 0 Å². The lowest BCUT2D eigenvalue weighted by Gasteiger charge is -2.27. The molecule has 0 radical (unpaired) electrons. The number of nitrogens with one attached hydrogen (secondary N) is 1. The van der Waals surface area contributed by atoms with E-state index < -0.39 is 5.91 Å². The van der Waals surface area contributed by atoms with Crippen molar-refractivity contribution in [3.8, 4) is 11.8 Å². The summed E-state index contributed by atoms with van der Waals surface area (Å²) in [5, 5.41) is 8.20. The average Bonchev–Trinajstić information content (AvgIpc) is 3.56. The van der Waals surface area contributed by atoms with Crippen LogP contribution in [0.5, 0.6) is 0 Å². The van der Waals surface area contributed by atoms with Gasteiger partial charge in [0.15, 0.2) is 5.69 Å². The highest BCUT2D eigenvalue weighted by Crippen LogP contribution is 2.35. The Hall–Kier alpha value is -3.81. The minimum absolute atomic E-state index is 0.152. The molecule has 2 aliphatic rings. The van der Waals surface area contributed by atoms with Crippen molar-refractivity contribution in [2.45, 2.75) is 43.8 Å². The van der Waals surface area contributed by atoms with Gasteiger partial charge in [0.05, 0.1) is 41.1 Å². The minimum Gasteiger partial charge on any atom is -0.383 e. The van der Waals surface area contributed by atoms with Gasteiger partial charge in [0, 0.05) is 32.3 Å². The number of hydrogen-bond acceptors (Lipinski definition) is 6. The second-order valence-corrected chi connectivity index (χ2v) is 10.0. The molecule has 1 aliphatic heterocycles. The number of amides is 2. The van der Waals surface area contributed by atoms with Gasteiger partial charge in [-0.2, -0.15) is 5.10 Å². The molecule has 38 heavy (non-hydrogen) atoms. The van der Waals surface area contributed by atoms with Crippen molar-refractivity contribution in [1.82, 2.24) is 24.2 Å². The lowest BCUT2D eigenvalue weighted by molar-refractivity contribution is -0.127. The van der Waals surface area contributed by atoms with Crippen LogP contribution in [0.1, 0.15) is 59.4 Å². The molecule has 1 aromatic carbocycles. The first-order valence-electron chi connectivity index (χ1n) is 12.6. The van der Waals surface area contributed by atoms with Crippen molar-refractivity contribution >= 4 is 40.3 Å². The Kier molecular flexibility index (Phi) is 7.15. The molecule has 2 atom stereocenters. The number of likely N-dealkylation sites (tertiary alicyclic amines) is 1. The van der Waals surface area contributed by atoms with Gasteiger partial charge in [-0.25, -0.2) is 9.67 Å². The molecule has 11 heteroatoms. The monoisotopic (exact) mass is 535 g/mol. The summed E-state index contributed by atoms with van der Waals surface area (Å²) >= 11 is 6.61. The van der Waals surface area contributed by atoms with Crippen LogP contribution in [-0.2, 0) is 9.53 Å². The van der Waals surface area contributed by atoms with Crippen molar-refractivity contribution in [1.29, 1.82) is 0 Å². The summed E-state index contributed by atoms with van der Waals surface area (Å²) in [4.78, 5) is 31.2. The lowest BCUT2D eigenvalue weighted by Crippen LogP contribution is -2.37. The zero-order valence-corrected chi connectivity index (χ0v) is 22.2. The average molecular weight is 536 g/mol. The van der Waals surface area contributed by atoms with Crippen LogP contribution in [-0.4, -0.2) is 69.4 Å². The number of hydrogen-bond donors (Lipinski definition) is 2. The Morgan fingerprint density at radius 3 is 2.74 bits per heavy atom. The molecule has 3 heterocycles. The van der Waals surface area contributed by atoms with Gasteiger partial charge in [-0.3, -0.25) is 9.59 Å². The molecule has 0 unspecified atom stereocenters. The number of anilines is 1. The molecule has 198 valence electrons. The molecule has 2 fully saturated rings. The summed E-state index contributed by atoms with van der Waals surface area (Å²) in [6.45, 7) is 4.36. The van der Waals surface area contributed by atoms with Gasteiger partial charge in [0.25, 0.3) is 5.91 Å². The van der Waals surface area contributed by atoms with Crippen LogP contribution in [0.2, 0.25) is 5.02 Å². The Morgan fingerprint density at radius 2 is 2.11 bits per heavy atom. The molecule has 0 bridgehead atoms. The lowest BCUT2D eigenvalue weighted by atomic mass is 9.93. The zero-order valence-electron chi connectivity index (χ0n) is 21.4. The SMILES string of the molecule is C=CC(=O)N1C[C@@H](n2nc(C#Cc3cc4ncn(C5CCC5)c4cc3Cl)c(C(N)=O)c2NC)C[C@@H]1COC. The molecular weight excluding hydrogens is 506 g/mol. The smallest absolute Gasteiger partial charge is 0.255 e. The molecule has 2 amide bonds. The predicted molar refractivity (Wildman–Crippen MR) is 145 cm³/mol. The number of primary amides is 1. The zero-order chi connectivity index (χ0) is 27.0. The maximum absolute atomic E-state index is 12.5. The van der Waals surface area contributed by atoms with E-state index in [0.717, 1.165) is 23.9 Å². The van der Waals surface area contributed by atoms with E-state index in [9.17, 15) is 9.59 Å². The van der Waals surface area contributed by atoms with E-state index in [-0.39, 0.29) is 29.2 Å². The molecule has 3 aromatic rings. The van der Waals surface area contributed by atoms with E-state index in [2.05, 4.69) is 38.4 Å². The molecule has 1 saturated heterocycles. The van der Waals surface area contributed by atoms with E-state index in [0.29, 0.717) is 42.0 Å². The van der Waals surface area contributed by atoms with Crippen molar-refractivity contribution in [2.24, 2.45) is 5.73 Å². The number of aromatic nitrogens is 4. The quantitative estimate of drug-likeness (QED) is 0.354. The highest BCUT2D eigenvalue weighted by molar-refractivity contribution is 6.32. The number of carbonyl (C=O) groups is 2. The maximum atomic E-state index is 12.5. The second-order valence-electron chi connectivity index (χ2n) is 9.63. The van der Waals surface area contributed by atoms with E-state index in [1.54, 1.807) is 23.7 Å². The Balaban J connectivity index is 1.51. The van der Waals surface area contributed by atoms with Crippen LogP contribution in [0.3, 0.4) is 0 Å². The minimum atomic E-state index is -0.656. The van der Waals surface area contributed by atoms with Gasteiger partial charge in [-0.05, 0) is 49.8 Å². The number of halogens is 1. The third kappa shape index (κ3) is 4.52. The predicted octanol–water partition coefficient (Wildman–Crippen LogP) is 3.13. The fourth-order valence-electron chi connectivity index (χ4n) is 5.29. The molecule has 3 N–H and O–H groups in total. The Morgan fingerprint density at radius 1 is 1.32 bits per heavy atom. The first-order chi connectivity index (χ1) is 18.4. The molecule has 5 rings (SSSR count). The van der Waals surface area contributed by atoms with Crippen LogP contribution in [0.15, 0.2) is 31.1 Å². The third-order valence-electron chi connectivity index (χ3n) is 7.40. The van der Waals surface area contributed by atoms with Gasteiger partial charge in [-0.1, -0.05) is 24.1 Å². The summed E-state index contributed by atoms with van der Waals surface area (Å²) in [6.07, 6.45) is 7.23. The van der Waals surface area contributed by atoms with Gasteiger partial charge in [-0.15, -0.1) is 0 Å². The van der Waals surface area contributed by atoms with Crippen LogP contribution >= 0.6 is 11.6 Å². The fraction of sp³-hybridized carbons (Fsp3) is 0.407. The molecule has 2 aromatic heterocycles. The number of rotatable bonds is 7. The van der Waals surface area contributed by atoms with Crippen molar-refractivity contribution in [3.63, 3.8) is 0 Å². The highest BCUT2D eigenvalue weighted by atomic mass is 35.5. The van der Waals surface area contributed by atoms with Crippen LogP contribution < -0.4 is 11.1 Å². The molecule has 0 spiro atoms. The van der Waals surface area contributed by atoms with Crippen LogP contribution in [0.4, 0.5) is 5.82 Å². The maximum Gasteiger partial charge on any atom is 0.255 e. The second kappa shape index (κ2) is 10.5. The van der Waals surface area contributed by atoms with Crippen molar-refractivity contribution < 1.29 is 14.3 Å². The molecule has 10 nitrogen and oxygen atoms in total. The first-order valence-corrected chi connectivity index (χ1v) is 12.9. The largest absolute Gasteiger partial charge is 0.383 e. The highest BCUT2D eigenvalue weighted by Gasteiger charge is 2.37. The van der Waals surface area contributed by atoms with Gasteiger partial charge in [0.2, 0.25) is 5.91 Å². The summed E-state index contributed by atoms with van der Waals surface area (Å²) in [5.41, 5.74) is 8.55. The molecular formula is C27H30ClN7O3. The van der Waals surface area contributed by atoms with Crippen molar-refractivity contribution in [2.75, 3.05) is 32.6 Å². The van der Waals surface area contributed by atoms with Crippen molar-refractivity contribution in [3.05, 3.63) is 53.0 Å². The standard InChI is InChI=1S/C27H30ClN7O3/c1-4-24(36)33-13-18(11-19(33)14-38-3)35-27(30-2)25(26(29)37)21(32-35)9-8-16-10-22-23(12-20(16)28)34(15-31-22)17-6-5-7-17/h4,10,12,15,17-19,30H,1,5-7,11,13-14H2,2-3H3,(H2,29,37)/t18-,19+/m0/s1. The molecule has 1 aliphatic carbocycles. The number of methoxy groups -OCH3 is 1. The van der Waals surface area contributed by atoms with Gasteiger partial charge >= 0.3 is 0 Å². The number of fused-ring (bicyclic) bond motifs is 1. The van der Waals surface area contributed by atoms with Crippen LogP contribution in [0.25, 0.3) is 11.0 Å². The number of carbonyl (C=O) groups excluding carboxylic acids is 2. The van der Waals surface area contributed by atoms with Gasteiger partial charge in [0.1, 0.15) is 11.4 Å². The number of imidazole rings is 1. The number of nitrogens with two attached hydrogens (primary N) is 1. The van der Waals surface area contributed by atoms with E-state index in [4.69, 9.17) is 22.1 Å². The third-order valence-corrected chi connectivity index (χ3v) is 7.71. The fourth-order valence-corrected chi connectivity index (χ4v) is 5.50.